The Hall–Kier alpha value is -1.68. The lowest BCUT2D eigenvalue weighted by Crippen LogP contribution is -2.33. The van der Waals surface area contributed by atoms with Crippen LogP contribution in [-0.2, 0) is 0 Å². The van der Waals surface area contributed by atoms with Gasteiger partial charge in [0.25, 0.3) is 0 Å². The van der Waals surface area contributed by atoms with Crippen LogP contribution in [0.4, 0.5) is 0 Å². The van der Waals surface area contributed by atoms with E-state index in [9.17, 15) is 0 Å². The van der Waals surface area contributed by atoms with Crippen molar-refractivity contribution in [3.63, 3.8) is 0 Å². The zero-order valence-electron chi connectivity index (χ0n) is 7.45. The van der Waals surface area contributed by atoms with Crippen LogP contribution in [0.5, 0.6) is 0 Å². The second-order valence-electron chi connectivity index (χ2n) is 3.03. The Labute approximate surface area is 77.8 Å². The molecule has 4 nitrogen and oxygen atoms in total. The van der Waals surface area contributed by atoms with Gasteiger partial charge in [0.15, 0.2) is 5.57 Å². The lowest BCUT2D eigenvalue weighted by Gasteiger charge is -2.28. The Balaban J connectivity index is 2.76. The number of nitrogens with two attached hydrogens (primary N) is 1. The molecule has 0 unspecified atom stereocenters. The molecule has 0 aromatic rings. The minimum Gasteiger partial charge on any atom is -0.384 e. The van der Waals surface area contributed by atoms with Crippen LogP contribution in [0.25, 0.3) is 0 Å². The summed E-state index contributed by atoms with van der Waals surface area (Å²) in [4.78, 5) is 1.91. The fourth-order valence-electron chi connectivity index (χ4n) is 1.43. The van der Waals surface area contributed by atoms with Crippen LogP contribution < -0.4 is 5.73 Å². The third-order valence-electron chi connectivity index (χ3n) is 2.18. The molecule has 0 aromatic carbocycles. The van der Waals surface area contributed by atoms with Gasteiger partial charge in [-0.3, -0.25) is 0 Å². The number of piperidine rings is 1. The minimum absolute atomic E-state index is 0.0295. The van der Waals surface area contributed by atoms with Crippen molar-refractivity contribution >= 4 is 0 Å². The fraction of sp³-hybridized carbons (Fsp3) is 0.556. The zero-order valence-corrected chi connectivity index (χ0v) is 7.45. The highest BCUT2D eigenvalue weighted by Crippen LogP contribution is 2.13. The molecule has 0 saturated carbocycles. The summed E-state index contributed by atoms with van der Waals surface area (Å²) in [7, 11) is 0. The van der Waals surface area contributed by atoms with E-state index in [2.05, 4.69) is 0 Å². The normalized spacial score (nSPS) is 15.7. The van der Waals surface area contributed by atoms with E-state index in [1.807, 2.05) is 4.90 Å². The molecule has 1 heterocycles. The molecule has 1 rings (SSSR count). The van der Waals surface area contributed by atoms with E-state index < -0.39 is 0 Å². The molecule has 0 radical (unpaired) electrons. The number of nitrogens with zero attached hydrogens (tertiary/aromatic N) is 3. The molecule has 0 atom stereocenters. The summed E-state index contributed by atoms with van der Waals surface area (Å²) in [6.07, 6.45) is 3.38. The molecule has 0 bridgehead atoms. The van der Waals surface area contributed by atoms with Crippen molar-refractivity contribution < 1.29 is 0 Å². The van der Waals surface area contributed by atoms with Gasteiger partial charge < -0.3 is 10.6 Å². The quantitative estimate of drug-likeness (QED) is 0.596. The maximum Gasteiger partial charge on any atom is 0.169 e. The number of nitriles is 2. The molecule has 1 aliphatic rings. The van der Waals surface area contributed by atoms with E-state index in [0.29, 0.717) is 5.82 Å². The standard InChI is InChI=1S/C9H12N4/c10-6-8(7-11)9(12)13-4-2-1-3-5-13/h1-5,12H2. The third-order valence-corrected chi connectivity index (χ3v) is 2.18. The highest BCUT2D eigenvalue weighted by atomic mass is 15.2. The number of hydrogen-bond acceptors (Lipinski definition) is 4. The summed E-state index contributed by atoms with van der Waals surface area (Å²) in [5, 5.41) is 17.2. The van der Waals surface area contributed by atoms with Crippen molar-refractivity contribution in [3.8, 4) is 12.1 Å². The Bertz CT molecular complexity index is 270. The second-order valence-corrected chi connectivity index (χ2v) is 3.03. The Morgan fingerprint density at radius 3 is 2.08 bits per heavy atom. The van der Waals surface area contributed by atoms with Crippen molar-refractivity contribution in [2.45, 2.75) is 19.3 Å². The minimum atomic E-state index is 0.0295. The van der Waals surface area contributed by atoms with E-state index in [4.69, 9.17) is 16.3 Å². The molecule has 0 aliphatic carbocycles. The van der Waals surface area contributed by atoms with Crippen LogP contribution in [0.15, 0.2) is 11.4 Å². The van der Waals surface area contributed by atoms with Crippen molar-refractivity contribution in [2.75, 3.05) is 13.1 Å². The molecule has 0 amide bonds. The zero-order chi connectivity index (χ0) is 9.68. The molecule has 0 spiro atoms. The van der Waals surface area contributed by atoms with Gasteiger partial charge in [0, 0.05) is 13.1 Å². The molecule has 1 saturated heterocycles. The highest BCUT2D eigenvalue weighted by molar-refractivity contribution is 5.38. The first kappa shape index (κ1) is 9.41. The van der Waals surface area contributed by atoms with Crippen molar-refractivity contribution in [2.24, 2.45) is 5.73 Å². The lowest BCUT2D eigenvalue weighted by molar-refractivity contribution is 0.281. The second kappa shape index (κ2) is 4.37. The van der Waals surface area contributed by atoms with Gasteiger partial charge in [0.1, 0.15) is 18.0 Å². The summed E-state index contributed by atoms with van der Waals surface area (Å²) in [6, 6.07) is 3.60. The maximum atomic E-state index is 8.59. The molecule has 13 heavy (non-hydrogen) atoms. The van der Waals surface area contributed by atoms with Gasteiger partial charge in [0.2, 0.25) is 0 Å². The maximum absolute atomic E-state index is 8.59. The van der Waals surface area contributed by atoms with Crippen molar-refractivity contribution in [1.29, 1.82) is 10.5 Å². The lowest BCUT2D eigenvalue weighted by atomic mass is 10.1. The number of rotatable bonds is 1. The Morgan fingerprint density at radius 1 is 1.08 bits per heavy atom. The monoisotopic (exact) mass is 176 g/mol. The van der Waals surface area contributed by atoms with E-state index >= 15 is 0 Å². The fourth-order valence-corrected chi connectivity index (χ4v) is 1.43. The first-order valence-corrected chi connectivity index (χ1v) is 4.34. The largest absolute Gasteiger partial charge is 0.384 e. The average Bonchev–Trinajstić information content (AvgIpc) is 2.21. The average molecular weight is 176 g/mol. The summed E-state index contributed by atoms with van der Waals surface area (Å²) in [5.41, 5.74) is 5.70. The Kier molecular flexibility index (Phi) is 3.16. The van der Waals surface area contributed by atoms with Gasteiger partial charge in [-0.05, 0) is 19.3 Å². The number of allylic oxidation sites excluding steroid dienone is 1. The molecule has 68 valence electrons. The van der Waals surface area contributed by atoms with Crippen LogP contribution in [0, 0.1) is 22.7 Å². The first-order valence-electron chi connectivity index (χ1n) is 4.34. The summed E-state index contributed by atoms with van der Waals surface area (Å²) < 4.78 is 0. The van der Waals surface area contributed by atoms with Gasteiger partial charge in [0.05, 0.1) is 0 Å². The molecule has 1 aliphatic heterocycles. The van der Waals surface area contributed by atoms with E-state index in [0.717, 1.165) is 25.9 Å². The van der Waals surface area contributed by atoms with Crippen LogP contribution >= 0.6 is 0 Å². The molecule has 1 fully saturated rings. The first-order chi connectivity index (χ1) is 6.29. The number of likely N-dealkylation sites (tertiary alicyclic amines) is 1. The molecule has 0 aromatic heterocycles. The van der Waals surface area contributed by atoms with Crippen LogP contribution in [0.3, 0.4) is 0 Å². The topological polar surface area (TPSA) is 76.8 Å². The van der Waals surface area contributed by atoms with Crippen LogP contribution in [-0.4, -0.2) is 18.0 Å². The van der Waals surface area contributed by atoms with Gasteiger partial charge in [-0.25, -0.2) is 0 Å². The van der Waals surface area contributed by atoms with E-state index in [-0.39, 0.29) is 5.57 Å². The van der Waals surface area contributed by atoms with E-state index in [1.54, 1.807) is 12.1 Å². The number of hydrogen-bond donors (Lipinski definition) is 1. The van der Waals surface area contributed by atoms with E-state index in [1.165, 1.54) is 6.42 Å². The Morgan fingerprint density at radius 2 is 1.62 bits per heavy atom. The summed E-state index contributed by atoms with van der Waals surface area (Å²) >= 11 is 0. The van der Waals surface area contributed by atoms with Crippen LogP contribution in [0.2, 0.25) is 0 Å². The molecular weight excluding hydrogens is 164 g/mol. The van der Waals surface area contributed by atoms with Crippen LogP contribution in [0.1, 0.15) is 19.3 Å². The molecule has 2 N–H and O–H groups in total. The smallest absolute Gasteiger partial charge is 0.169 e. The van der Waals surface area contributed by atoms with Crippen molar-refractivity contribution in [3.05, 3.63) is 11.4 Å². The van der Waals surface area contributed by atoms with Gasteiger partial charge >= 0.3 is 0 Å². The van der Waals surface area contributed by atoms with Gasteiger partial charge in [-0.15, -0.1) is 0 Å². The predicted molar refractivity (Wildman–Crippen MR) is 47.9 cm³/mol. The van der Waals surface area contributed by atoms with Crippen molar-refractivity contribution in [1.82, 2.24) is 4.90 Å². The predicted octanol–water partition coefficient (Wildman–Crippen LogP) is 0.690. The highest BCUT2D eigenvalue weighted by Gasteiger charge is 2.14. The van der Waals surface area contributed by atoms with Gasteiger partial charge in [-0.2, -0.15) is 10.5 Å². The van der Waals surface area contributed by atoms with Gasteiger partial charge in [-0.1, -0.05) is 0 Å². The SMILES string of the molecule is N#CC(C#N)=C(N)N1CCCCC1. The summed E-state index contributed by atoms with van der Waals surface area (Å²) in [5.74, 6) is 0.338. The molecular formula is C9H12N4. The molecule has 4 heteroatoms. The summed E-state index contributed by atoms with van der Waals surface area (Å²) in [6.45, 7) is 1.72. The third kappa shape index (κ3) is 2.13.